The molecule has 1 atom stereocenters. The fourth-order valence-electron chi connectivity index (χ4n) is 2.41. The predicted octanol–water partition coefficient (Wildman–Crippen LogP) is 2.81. The zero-order valence-electron chi connectivity index (χ0n) is 11.8. The number of hydrazine groups is 1. The van der Waals surface area contributed by atoms with Gasteiger partial charge in [-0.2, -0.15) is 0 Å². The highest BCUT2D eigenvalue weighted by Crippen LogP contribution is 2.26. The Bertz CT molecular complexity index is 564. The molecule has 0 saturated carbocycles. The maximum atomic E-state index is 5.79. The van der Waals surface area contributed by atoms with Crippen molar-refractivity contribution >= 4 is 0 Å². The Hall–Kier alpha value is -1.71. The van der Waals surface area contributed by atoms with Crippen molar-refractivity contribution in [1.29, 1.82) is 0 Å². The van der Waals surface area contributed by atoms with E-state index in [0.29, 0.717) is 0 Å². The molecule has 0 amide bonds. The predicted molar refractivity (Wildman–Crippen MR) is 78.7 cm³/mol. The molecule has 19 heavy (non-hydrogen) atoms. The summed E-state index contributed by atoms with van der Waals surface area (Å²) < 4.78 is 0. The van der Waals surface area contributed by atoms with E-state index in [2.05, 4.69) is 55.4 Å². The van der Waals surface area contributed by atoms with Crippen molar-refractivity contribution in [2.75, 3.05) is 0 Å². The molecule has 0 radical (unpaired) electrons. The fraction of sp³-hybridized carbons (Fsp3) is 0.312. The van der Waals surface area contributed by atoms with Gasteiger partial charge in [-0.1, -0.05) is 31.2 Å². The van der Waals surface area contributed by atoms with Gasteiger partial charge < -0.3 is 0 Å². The van der Waals surface area contributed by atoms with Crippen molar-refractivity contribution in [3.05, 3.63) is 64.5 Å². The van der Waals surface area contributed by atoms with E-state index < -0.39 is 0 Å². The van der Waals surface area contributed by atoms with Gasteiger partial charge in [-0.25, -0.2) is 5.43 Å². The number of nitrogens with zero attached hydrogens (tertiary/aromatic N) is 1. The lowest BCUT2D eigenvalue weighted by molar-refractivity contribution is 0.611. The molecule has 0 aliphatic rings. The molecule has 0 aliphatic carbocycles. The smallest absolute Gasteiger partial charge is 0.0886 e. The summed E-state index contributed by atoms with van der Waals surface area (Å²) in [5.74, 6) is 5.79. The second-order valence-electron chi connectivity index (χ2n) is 4.79. The molecule has 100 valence electrons. The van der Waals surface area contributed by atoms with E-state index in [4.69, 9.17) is 5.84 Å². The first-order valence-electron chi connectivity index (χ1n) is 6.65. The molecule has 2 aromatic rings. The molecule has 1 heterocycles. The van der Waals surface area contributed by atoms with Crippen molar-refractivity contribution in [2.45, 2.75) is 33.2 Å². The van der Waals surface area contributed by atoms with Gasteiger partial charge in [-0.15, -0.1) is 0 Å². The van der Waals surface area contributed by atoms with Gasteiger partial charge in [0.25, 0.3) is 0 Å². The van der Waals surface area contributed by atoms with E-state index in [1.807, 2.05) is 12.3 Å². The van der Waals surface area contributed by atoms with Crippen molar-refractivity contribution in [3.63, 3.8) is 0 Å². The summed E-state index contributed by atoms with van der Waals surface area (Å²) in [7, 11) is 0. The van der Waals surface area contributed by atoms with Gasteiger partial charge in [-0.05, 0) is 48.6 Å². The minimum absolute atomic E-state index is 0.0592. The Kier molecular flexibility index (Phi) is 4.30. The average Bonchev–Trinajstić information content (AvgIpc) is 2.45. The van der Waals surface area contributed by atoms with Crippen LogP contribution in [0.4, 0.5) is 0 Å². The van der Waals surface area contributed by atoms with Crippen LogP contribution in [0.5, 0.6) is 0 Å². The number of rotatable bonds is 4. The van der Waals surface area contributed by atoms with Gasteiger partial charge >= 0.3 is 0 Å². The number of nitrogens with one attached hydrogen (secondary N) is 1. The number of nitrogens with two attached hydrogens (primary N) is 1. The lowest BCUT2D eigenvalue weighted by Crippen LogP contribution is -2.31. The summed E-state index contributed by atoms with van der Waals surface area (Å²) in [6.07, 6.45) is 2.77. The molecule has 3 N–H and O–H groups in total. The van der Waals surface area contributed by atoms with Crippen LogP contribution in [0, 0.1) is 13.8 Å². The zero-order chi connectivity index (χ0) is 13.8. The van der Waals surface area contributed by atoms with Crippen molar-refractivity contribution in [3.8, 4) is 0 Å². The van der Waals surface area contributed by atoms with E-state index in [1.54, 1.807) is 0 Å². The summed E-state index contributed by atoms with van der Waals surface area (Å²) in [6.45, 7) is 6.38. The standard InChI is InChI=1S/C16H21N3/c1-4-13-8-6-10-18-15(13)16(19-17)14-9-5-7-11(2)12(14)3/h5-10,16,19H,4,17H2,1-3H3. The number of aromatic nitrogens is 1. The molecular formula is C16H21N3. The second-order valence-corrected chi connectivity index (χ2v) is 4.79. The first kappa shape index (κ1) is 13.7. The Balaban J connectivity index is 2.53. The van der Waals surface area contributed by atoms with Gasteiger partial charge in [-0.3, -0.25) is 10.8 Å². The second kappa shape index (κ2) is 5.95. The van der Waals surface area contributed by atoms with Crippen molar-refractivity contribution in [2.24, 2.45) is 5.84 Å². The highest BCUT2D eigenvalue weighted by molar-refractivity contribution is 5.40. The first-order chi connectivity index (χ1) is 9.19. The molecule has 0 spiro atoms. The van der Waals surface area contributed by atoms with Crippen LogP contribution in [0.25, 0.3) is 0 Å². The van der Waals surface area contributed by atoms with E-state index >= 15 is 0 Å². The molecule has 1 unspecified atom stereocenters. The van der Waals surface area contributed by atoms with Crippen molar-refractivity contribution in [1.82, 2.24) is 10.4 Å². The Morgan fingerprint density at radius 3 is 2.68 bits per heavy atom. The van der Waals surface area contributed by atoms with Gasteiger partial charge in [0.15, 0.2) is 0 Å². The van der Waals surface area contributed by atoms with Crippen LogP contribution in [-0.4, -0.2) is 4.98 Å². The van der Waals surface area contributed by atoms with Crippen LogP contribution in [0.2, 0.25) is 0 Å². The molecular weight excluding hydrogens is 234 g/mol. The number of benzene rings is 1. The Morgan fingerprint density at radius 2 is 2.00 bits per heavy atom. The Labute approximate surface area is 114 Å². The van der Waals surface area contributed by atoms with Gasteiger partial charge in [0, 0.05) is 6.20 Å². The largest absolute Gasteiger partial charge is 0.271 e. The third-order valence-electron chi connectivity index (χ3n) is 3.70. The molecule has 0 bridgehead atoms. The minimum atomic E-state index is -0.0592. The molecule has 0 fully saturated rings. The van der Waals surface area contributed by atoms with Crippen LogP contribution in [0.15, 0.2) is 36.5 Å². The van der Waals surface area contributed by atoms with Crippen LogP contribution >= 0.6 is 0 Å². The maximum Gasteiger partial charge on any atom is 0.0886 e. The number of hydrogen-bond donors (Lipinski definition) is 2. The molecule has 0 aliphatic heterocycles. The van der Waals surface area contributed by atoms with Crippen molar-refractivity contribution < 1.29 is 0 Å². The van der Waals surface area contributed by atoms with E-state index in [9.17, 15) is 0 Å². The monoisotopic (exact) mass is 255 g/mol. The molecule has 3 heteroatoms. The number of aryl methyl sites for hydroxylation is 2. The number of hydrogen-bond acceptors (Lipinski definition) is 3. The van der Waals surface area contributed by atoms with Crippen LogP contribution in [-0.2, 0) is 6.42 Å². The highest BCUT2D eigenvalue weighted by atomic mass is 15.2. The lowest BCUT2D eigenvalue weighted by Gasteiger charge is -2.21. The summed E-state index contributed by atoms with van der Waals surface area (Å²) in [5, 5.41) is 0. The highest BCUT2D eigenvalue weighted by Gasteiger charge is 2.18. The molecule has 0 saturated heterocycles. The summed E-state index contributed by atoms with van der Waals surface area (Å²) in [6, 6.07) is 10.3. The normalized spacial score (nSPS) is 12.4. The third kappa shape index (κ3) is 2.67. The molecule has 1 aromatic heterocycles. The third-order valence-corrected chi connectivity index (χ3v) is 3.70. The summed E-state index contributed by atoms with van der Waals surface area (Å²) in [5.41, 5.74) is 8.88. The van der Waals surface area contributed by atoms with Gasteiger partial charge in [0.05, 0.1) is 11.7 Å². The minimum Gasteiger partial charge on any atom is -0.271 e. The quantitative estimate of drug-likeness (QED) is 0.652. The fourth-order valence-corrected chi connectivity index (χ4v) is 2.41. The Morgan fingerprint density at radius 1 is 1.21 bits per heavy atom. The summed E-state index contributed by atoms with van der Waals surface area (Å²) in [4.78, 5) is 4.53. The SMILES string of the molecule is CCc1cccnc1C(NN)c1cccc(C)c1C. The van der Waals surface area contributed by atoms with E-state index in [0.717, 1.165) is 12.1 Å². The van der Waals surface area contributed by atoms with E-state index in [1.165, 1.54) is 22.3 Å². The molecule has 1 aromatic carbocycles. The molecule has 3 nitrogen and oxygen atoms in total. The van der Waals surface area contributed by atoms with Gasteiger partial charge in [0.2, 0.25) is 0 Å². The van der Waals surface area contributed by atoms with E-state index in [-0.39, 0.29) is 6.04 Å². The first-order valence-corrected chi connectivity index (χ1v) is 6.65. The lowest BCUT2D eigenvalue weighted by atomic mass is 9.93. The van der Waals surface area contributed by atoms with Crippen LogP contribution in [0.3, 0.4) is 0 Å². The number of pyridine rings is 1. The van der Waals surface area contributed by atoms with Crippen LogP contribution < -0.4 is 11.3 Å². The maximum absolute atomic E-state index is 5.79. The molecule has 2 rings (SSSR count). The van der Waals surface area contributed by atoms with Crippen LogP contribution in [0.1, 0.15) is 40.9 Å². The average molecular weight is 255 g/mol. The zero-order valence-corrected chi connectivity index (χ0v) is 11.8. The van der Waals surface area contributed by atoms with Gasteiger partial charge in [0.1, 0.15) is 0 Å². The summed E-state index contributed by atoms with van der Waals surface area (Å²) >= 11 is 0. The topological polar surface area (TPSA) is 50.9 Å².